The van der Waals surface area contributed by atoms with Crippen molar-refractivity contribution in [1.82, 2.24) is 10.1 Å². The molecule has 19 heavy (non-hydrogen) atoms. The number of anilines is 1. The number of benzene rings is 1. The van der Waals surface area contributed by atoms with Gasteiger partial charge in [0.15, 0.2) is 0 Å². The Kier molecular flexibility index (Phi) is 2.91. The van der Waals surface area contributed by atoms with Crippen molar-refractivity contribution in [2.45, 2.75) is 19.4 Å². The normalized spacial score (nSPS) is 16.8. The van der Waals surface area contributed by atoms with Gasteiger partial charge >= 0.3 is 5.97 Å². The van der Waals surface area contributed by atoms with Crippen molar-refractivity contribution in [1.29, 1.82) is 0 Å². The van der Waals surface area contributed by atoms with Crippen molar-refractivity contribution < 1.29 is 14.1 Å². The fourth-order valence-corrected chi connectivity index (χ4v) is 2.10. The molecule has 2 aromatic rings. The van der Waals surface area contributed by atoms with E-state index in [1.807, 2.05) is 24.3 Å². The number of fused-ring (bicyclic) bond motifs is 1. The molecule has 0 saturated heterocycles. The number of carbonyl (C=O) groups excluding carboxylic acids is 1. The lowest BCUT2D eigenvalue weighted by Gasteiger charge is -2.04. The molecule has 1 N–H and O–H groups in total. The van der Waals surface area contributed by atoms with E-state index in [1.54, 1.807) is 6.92 Å². The predicted octanol–water partition coefficient (Wildman–Crippen LogP) is 1.96. The maximum absolute atomic E-state index is 11.5. The van der Waals surface area contributed by atoms with Crippen molar-refractivity contribution in [3.63, 3.8) is 0 Å². The van der Waals surface area contributed by atoms with Gasteiger partial charge in [0.05, 0.1) is 6.61 Å². The van der Waals surface area contributed by atoms with Crippen LogP contribution in [0.3, 0.4) is 0 Å². The Balaban J connectivity index is 1.77. The minimum Gasteiger partial charge on any atom is -0.460 e. The molecular weight excluding hydrogens is 246 g/mol. The Morgan fingerprint density at radius 1 is 1.53 bits per heavy atom. The van der Waals surface area contributed by atoms with Crippen LogP contribution in [0.4, 0.5) is 5.69 Å². The summed E-state index contributed by atoms with van der Waals surface area (Å²) in [6.45, 7) is 2.02. The van der Waals surface area contributed by atoms with Crippen molar-refractivity contribution in [3.8, 4) is 0 Å². The summed E-state index contributed by atoms with van der Waals surface area (Å²) in [7, 11) is 0. The molecule has 2 heterocycles. The number of hydrogen-bond donors (Lipinski definition) is 1. The molecule has 0 saturated carbocycles. The summed E-state index contributed by atoms with van der Waals surface area (Å²) in [4.78, 5) is 15.5. The molecule has 0 bridgehead atoms. The molecule has 0 radical (unpaired) electrons. The van der Waals surface area contributed by atoms with Gasteiger partial charge in [-0.2, -0.15) is 4.98 Å². The zero-order valence-electron chi connectivity index (χ0n) is 10.4. The Bertz CT molecular complexity index is 584. The molecule has 0 amide bonds. The first kappa shape index (κ1) is 11.7. The van der Waals surface area contributed by atoms with Gasteiger partial charge in [0, 0.05) is 12.1 Å². The van der Waals surface area contributed by atoms with Crippen LogP contribution in [0, 0.1) is 0 Å². The van der Waals surface area contributed by atoms with Crippen LogP contribution in [0.15, 0.2) is 28.8 Å². The van der Waals surface area contributed by atoms with E-state index in [9.17, 15) is 4.79 Å². The molecule has 1 atom stereocenters. The summed E-state index contributed by atoms with van der Waals surface area (Å²) in [5, 5.41) is 6.93. The average Bonchev–Trinajstić information content (AvgIpc) is 3.05. The zero-order chi connectivity index (χ0) is 13.2. The van der Waals surface area contributed by atoms with Crippen LogP contribution in [-0.2, 0) is 11.2 Å². The van der Waals surface area contributed by atoms with Gasteiger partial charge < -0.3 is 14.6 Å². The molecule has 0 aliphatic carbocycles. The monoisotopic (exact) mass is 259 g/mol. The fourth-order valence-electron chi connectivity index (χ4n) is 2.10. The molecule has 3 rings (SSSR count). The van der Waals surface area contributed by atoms with Crippen molar-refractivity contribution in [2.24, 2.45) is 0 Å². The first-order valence-electron chi connectivity index (χ1n) is 6.13. The number of nitrogens with one attached hydrogen (secondary N) is 1. The number of carbonyl (C=O) groups is 1. The molecule has 0 spiro atoms. The lowest BCUT2D eigenvalue weighted by molar-refractivity contribution is 0.0508. The maximum Gasteiger partial charge on any atom is 0.379 e. The topological polar surface area (TPSA) is 77.2 Å². The third-order valence-corrected chi connectivity index (χ3v) is 2.97. The second-order valence-electron chi connectivity index (χ2n) is 4.23. The molecule has 1 aliphatic rings. The van der Waals surface area contributed by atoms with E-state index in [1.165, 1.54) is 5.56 Å². The second kappa shape index (κ2) is 4.72. The van der Waals surface area contributed by atoms with E-state index >= 15 is 0 Å². The summed E-state index contributed by atoms with van der Waals surface area (Å²) >= 11 is 0. The predicted molar refractivity (Wildman–Crippen MR) is 66.8 cm³/mol. The van der Waals surface area contributed by atoms with Crippen molar-refractivity contribution >= 4 is 11.7 Å². The van der Waals surface area contributed by atoms with E-state index in [-0.39, 0.29) is 18.5 Å². The van der Waals surface area contributed by atoms with Gasteiger partial charge in [0.25, 0.3) is 5.82 Å². The average molecular weight is 259 g/mol. The Hall–Kier alpha value is -2.37. The number of esters is 1. The SMILES string of the molecule is CCOC(=O)c1noc([C@@H]2Cc3ccccc3N2)n1. The zero-order valence-corrected chi connectivity index (χ0v) is 10.4. The molecule has 0 fully saturated rings. The summed E-state index contributed by atoms with van der Waals surface area (Å²) < 4.78 is 9.94. The van der Waals surface area contributed by atoms with E-state index < -0.39 is 5.97 Å². The molecule has 1 aromatic heterocycles. The van der Waals surface area contributed by atoms with Gasteiger partial charge in [-0.15, -0.1) is 0 Å². The lowest BCUT2D eigenvalue weighted by Crippen LogP contribution is -2.09. The van der Waals surface area contributed by atoms with Gasteiger partial charge in [0.2, 0.25) is 5.89 Å². The van der Waals surface area contributed by atoms with E-state index in [2.05, 4.69) is 15.5 Å². The summed E-state index contributed by atoms with van der Waals surface area (Å²) in [6, 6.07) is 7.91. The number of rotatable bonds is 3. The van der Waals surface area contributed by atoms with Gasteiger partial charge in [0.1, 0.15) is 6.04 Å². The highest BCUT2D eigenvalue weighted by molar-refractivity contribution is 5.84. The Morgan fingerprint density at radius 3 is 3.16 bits per heavy atom. The minimum absolute atomic E-state index is 0.0328. The molecule has 1 aliphatic heterocycles. The number of ether oxygens (including phenoxy) is 1. The molecule has 6 heteroatoms. The molecule has 6 nitrogen and oxygen atoms in total. The van der Waals surface area contributed by atoms with Crippen LogP contribution >= 0.6 is 0 Å². The largest absolute Gasteiger partial charge is 0.460 e. The van der Waals surface area contributed by atoms with E-state index in [4.69, 9.17) is 9.26 Å². The van der Waals surface area contributed by atoms with Crippen LogP contribution < -0.4 is 5.32 Å². The van der Waals surface area contributed by atoms with E-state index in [0.29, 0.717) is 5.89 Å². The summed E-state index contributed by atoms with van der Waals surface area (Å²) in [5.41, 5.74) is 2.26. The molecular formula is C13H13N3O3. The highest BCUT2D eigenvalue weighted by Gasteiger charge is 2.27. The summed E-state index contributed by atoms with van der Waals surface area (Å²) in [6.07, 6.45) is 0.765. The minimum atomic E-state index is -0.562. The first-order valence-corrected chi connectivity index (χ1v) is 6.13. The first-order chi connectivity index (χ1) is 9.28. The van der Waals surface area contributed by atoms with Gasteiger partial charge in [-0.1, -0.05) is 18.2 Å². The smallest absolute Gasteiger partial charge is 0.379 e. The van der Waals surface area contributed by atoms with Crippen LogP contribution in [0.1, 0.15) is 35.0 Å². The van der Waals surface area contributed by atoms with Gasteiger partial charge in [-0.3, -0.25) is 0 Å². The maximum atomic E-state index is 11.5. The number of aromatic nitrogens is 2. The van der Waals surface area contributed by atoms with Gasteiger partial charge in [-0.05, 0) is 23.7 Å². The second-order valence-corrected chi connectivity index (χ2v) is 4.23. The van der Waals surface area contributed by atoms with Gasteiger partial charge in [-0.25, -0.2) is 4.79 Å². The number of nitrogens with zero attached hydrogens (tertiary/aromatic N) is 2. The van der Waals surface area contributed by atoms with E-state index in [0.717, 1.165) is 12.1 Å². The molecule has 98 valence electrons. The molecule has 0 unspecified atom stereocenters. The number of hydrogen-bond acceptors (Lipinski definition) is 6. The van der Waals surface area contributed by atoms with Crippen LogP contribution in [0.5, 0.6) is 0 Å². The van der Waals surface area contributed by atoms with Crippen LogP contribution in [-0.4, -0.2) is 22.7 Å². The van der Waals surface area contributed by atoms with Crippen molar-refractivity contribution in [3.05, 3.63) is 41.5 Å². The number of para-hydroxylation sites is 1. The fraction of sp³-hybridized carbons (Fsp3) is 0.308. The van der Waals surface area contributed by atoms with Crippen LogP contribution in [0.2, 0.25) is 0 Å². The lowest BCUT2D eigenvalue weighted by atomic mass is 10.1. The Morgan fingerprint density at radius 2 is 2.37 bits per heavy atom. The standard InChI is InChI=1S/C13H13N3O3/c1-2-18-13(17)11-15-12(19-16-11)10-7-8-5-3-4-6-9(8)14-10/h3-6,10,14H,2,7H2,1H3/t10-/m0/s1. The third kappa shape index (κ3) is 2.16. The summed E-state index contributed by atoms with van der Waals surface area (Å²) in [5.74, 6) is -0.193. The highest BCUT2D eigenvalue weighted by Crippen LogP contribution is 2.32. The Labute approximate surface area is 109 Å². The van der Waals surface area contributed by atoms with Crippen molar-refractivity contribution in [2.75, 3.05) is 11.9 Å². The highest BCUT2D eigenvalue weighted by atomic mass is 16.5. The van der Waals surface area contributed by atoms with Crippen LogP contribution in [0.25, 0.3) is 0 Å². The quantitative estimate of drug-likeness (QED) is 0.849. The third-order valence-electron chi connectivity index (χ3n) is 2.97. The molecule has 1 aromatic carbocycles.